The van der Waals surface area contributed by atoms with Crippen molar-refractivity contribution in [1.29, 1.82) is 0 Å². The molecule has 7 nitrogen and oxygen atoms in total. The van der Waals surface area contributed by atoms with Gasteiger partial charge in [-0.3, -0.25) is 0 Å². The van der Waals surface area contributed by atoms with Gasteiger partial charge in [-0.25, -0.2) is 14.8 Å². The molecule has 1 aromatic carbocycles. The zero-order chi connectivity index (χ0) is 19.1. The summed E-state index contributed by atoms with van der Waals surface area (Å²) in [7, 11) is 0. The van der Waals surface area contributed by atoms with E-state index in [-0.39, 0.29) is 12.6 Å². The highest BCUT2D eigenvalue weighted by atomic mass is 16.5. The number of carbonyl (C=O) groups excluding carboxylic acids is 1. The second-order valence-electron chi connectivity index (χ2n) is 6.57. The average Bonchev–Trinajstić information content (AvgIpc) is 2.68. The number of carbonyl (C=O) groups is 1. The topological polar surface area (TPSA) is 79.4 Å². The van der Waals surface area contributed by atoms with Gasteiger partial charge in [-0.2, -0.15) is 0 Å². The summed E-state index contributed by atoms with van der Waals surface area (Å²) in [6.45, 7) is 6.72. The van der Waals surface area contributed by atoms with Gasteiger partial charge in [0.2, 0.25) is 0 Å². The molecule has 0 spiro atoms. The summed E-state index contributed by atoms with van der Waals surface area (Å²) in [6.07, 6.45) is 3.66. The highest BCUT2D eigenvalue weighted by molar-refractivity contribution is 5.90. The molecule has 0 radical (unpaired) electrons. The van der Waals surface area contributed by atoms with Crippen LogP contribution in [0.1, 0.15) is 37.7 Å². The minimum Gasteiger partial charge on any atom is -0.492 e. The summed E-state index contributed by atoms with van der Waals surface area (Å²) in [6, 6.07) is 9.05. The number of aryl methyl sites for hydroxylation is 1. The van der Waals surface area contributed by atoms with Gasteiger partial charge in [0, 0.05) is 24.8 Å². The van der Waals surface area contributed by atoms with Crippen molar-refractivity contribution in [3.63, 3.8) is 0 Å². The Morgan fingerprint density at radius 2 is 1.96 bits per heavy atom. The number of aromatic nitrogens is 2. The van der Waals surface area contributed by atoms with Gasteiger partial charge in [-0.1, -0.05) is 12.1 Å². The molecule has 2 N–H and O–H groups in total. The summed E-state index contributed by atoms with van der Waals surface area (Å²) < 4.78 is 5.53. The molecule has 1 saturated heterocycles. The van der Waals surface area contributed by atoms with Crippen LogP contribution < -0.4 is 20.3 Å². The van der Waals surface area contributed by atoms with Crippen LogP contribution in [0.2, 0.25) is 0 Å². The third kappa shape index (κ3) is 5.32. The van der Waals surface area contributed by atoms with Crippen molar-refractivity contribution in [2.45, 2.75) is 39.7 Å². The quantitative estimate of drug-likeness (QED) is 0.815. The van der Waals surface area contributed by atoms with Gasteiger partial charge in [0.1, 0.15) is 17.4 Å². The van der Waals surface area contributed by atoms with E-state index in [1.54, 1.807) is 0 Å². The summed E-state index contributed by atoms with van der Waals surface area (Å²) in [5.74, 6) is 2.21. The van der Waals surface area contributed by atoms with E-state index in [4.69, 9.17) is 4.74 Å². The van der Waals surface area contributed by atoms with Crippen molar-refractivity contribution in [2.75, 3.05) is 29.9 Å². The molecule has 1 aliphatic rings. The Balaban J connectivity index is 1.61. The fourth-order valence-corrected chi connectivity index (χ4v) is 3.15. The summed E-state index contributed by atoms with van der Waals surface area (Å²) in [5, 5.41) is 5.64. The van der Waals surface area contributed by atoms with Gasteiger partial charge >= 0.3 is 6.03 Å². The first-order valence-electron chi connectivity index (χ1n) is 9.52. The van der Waals surface area contributed by atoms with Crippen LogP contribution in [-0.4, -0.2) is 35.7 Å². The molecule has 27 heavy (non-hydrogen) atoms. The van der Waals surface area contributed by atoms with Gasteiger partial charge in [0.15, 0.2) is 0 Å². The predicted octanol–water partition coefficient (Wildman–Crippen LogP) is 3.50. The number of ether oxygens (including phenoxy) is 1. The molecule has 0 bridgehead atoms. The summed E-state index contributed by atoms with van der Waals surface area (Å²) >= 11 is 0. The normalized spacial score (nSPS) is 13.9. The third-order valence-electron chi connectivity index (χ3n) is 4.41. The molecule has 0 aliphatic carbocycles. The van der Waals surface area contributed by atoms with E-state index in [2.05, 4.69) is 25.5 Å². The second kappa shape index (κ2) is 9.21. The minimum atomic E-state index is -0.313. The number of piperidine rings is 1. The Kier molecular flexibility index (Phi) is 6.46. The maximum atomic E-state index is 12.3. The molecule has 2 heterocycles. The van der Waals surface area contributed by atoms with Crippen molar-refractivity contribution in [1.82, 2.24) is 15.3 Å². The Bertz CT molecular complexity index is 775. The van der Waals surface area contributed by atoms with Gasteiger partial charge in [0.25, 0.3) is 0 Å². The van der Waals surface area contributed by atoms with E-state index >= 15 is 0 Å². The van der Waals surface area contributed by atoms with Crippen LogP contribution in [0, 0.1) is 6.92 Å². The Morgan fingerprint density at radius 1 is 1.19 bits per heavy atom. The van der Waals surface area contributed by atoms with Gasteiger partial charge < -0.3 is 20.3 Å². The number of hydrogen-bond donors (Lipinski definition) is 2. The number of urea groups is 1. The zero-order valence-corrected chi connectivity index (χ0v) is 16.0. The molecule has 0 saturated carbocycles. The fourth-order valence-electron chi connectivity index (χ4n) is 3.15. The van der Waals surface area contributed by atoms with Crippen LogP contribution in [-0.2, 0) is 6.54 Å². The van der Waals surface area contributed by atoms with E-state index < -0.39 is 0 Å². The molecule has 3 rings (SSSR count). The first-order chi connectivity index (χ1) is 13.2. The number of nitrogens with zero attached hydrogens (tertiary/aromatic N) is 3. The summed E-state index contributed by atoms with van der Waals surface area (Å²) in [5.41, 5.74) is 1.54. The third-order valence-corrected chi connectivity index (χ3v) is 4.41. The van der Waals surface area contributed by atoms with Crippen molar-refractivity contribution < 1.29 is 9.53 Å². The number of para-hydroxylation sites is 2. The molecule has 0 unspecified atom stereocenters. The largest absolute Gasteiger partial charge is 0.492 e. The van der Waals surface area contributed by atoms with E-state index in [1.165, 1.54) is 19.3 Å². The molecule has 2 amide bonds. The van der Waals surface area contributed by atoms with Crippen LogP contribution in [0.25, 0.3) is 0 Å². The number of anilines is 2. The predicted molar refractivity (Wildman–Crippen MR) is 106 cm³/mol. The van der Waals surface area contributed by atoms with E-state index in [9.17, 15) is 4.79 Å². The molecule has 1 aliphatic heterocycles. The Morgan fingerprint density at radius 3 is 2.74 bits per heavy atom. The lowest BCUT2D eigenvalue weighted by Gasteiger charge is -2.28. The second-order valence-corrected chi connectivity index (χ2v) is 6.57. The van der Waals surface area contributed by atoms with Gasteiger partial charge in [-0.15, -0.1) is 0 Å². The standard InChI is InChI=1S/C20H27N5O2/c1-3-27-17-10-6-5-9-16(17)23-20(26)21-14-18-22-15(2)13-19(24-18)25-11-7-4-8-12-25/h5-6,9-10,13H,3-4,7-8,11-12,14H2,1-2H3,(H2,21,23,26). The lowest BCUT2D eigenvalue weighted by Crippen LogP contribution is -2.32. The zero-order valence-electron chi connectivity index (χ0n) is 16.0. The maximum absolute atomic E-state index is 12.3. The molecular weight excluding hydrogens is 342 g/mol. The smallest absolute Gasteiger partial charge is 0.319 e. The maximum Gasteiger partial charge on any atom is 0.319 e. The van der Waals surface area contributed by atoms with E-state index in [0.717, 1.165) is 24.6 Å². The van der Waals surface area contributed by atoms with Crippen molar-refractivity contribution in [3.05, 3.63) is 41.9 Å². The lowest BCUT2D eigenvalue weighted by molar-refractivity contribution is 0.251. The lowest BCUT2D eigenvalue weighted by atomic mass is 10.1. The number of rotatable bonds is 6. The Hall–Kier alpha value is -2.83. The SMILES string of the molecule is CCOc1ccccc1NC(=O)NCc1nc(C)cc(N2CCCCC2)n1. The number of benzene rings is 1. The van der Waals surface area contributed by atoms with E-state index in [0.29, 0.717) is 23.9 Å². The molecule has 144 valence electrons. The van der Waals surface area contributed by atoms with Crippen LogP contribution in [0.4, 0.5) is 16.3 Å². The van der Waals surface area contributed by atoms with Gasteiger partial charge in [-0.05, 0) is 45.2 Å². The average molecular weight is 369 g/mol. The van der Waals surface area contributed by atoms with Crippen LogP contribution in [0.15, 0.2) is 30.3 Å². The van der Waals surface area contributed by atoms with Crippen molar-refractivity contribution in [3.8, 4) is 5.75 Å². The van der Waals surface area contributed by atoms with E-state index in [1.807, 2.05) is 44.2 Å². The van der Waals surface area contributed by atoms with Crippen molar-refractivity contribution in [2.24, 2.45) is 0 Å². The number of amides is 2. The first-order valence-corrected chi connectivity index (χ1v) is 9.52. The summed E-state index contributed by atoms with van der Waals surface area (Å²) in [4.78, 5) is 23.6. The van der Waals surface area contributed by atoms with Crippen LogP contribution in [0.3, 0.4) is 0 Å². The number of hydrogen-bond acceptors (Lipinski definition) is 5. The van der Waals surface area contributed by atoms with Crippen LogP contribution >= 0.6 is 0 Å². The monoisotopic (exact) mass is 369 g/mol. The van der Waals surface area contributed by atoms with Crippen molar-refractivity contribution >= 4 is 17.5 Å². The van der Waals surface area contributed by atoms with Gasteiger partial charge in [0.05, 0.1) is 18.8 Å². The van der Waals surface area contributed by atoms with Crippen LogP contribution in [0.5, 0.6) is 5.75 Å². The highest BCUT2D eigenvalue weighted by Gasteiger charge is 2.14. The molecule has 2 aromatic rings. The molecule has 1 fully saturated rings. The first kappa shape index (κ1) is 18.9. The molecule has 0 atom stereocenters. The molecule has 1 aromatic heterocycles. The minimum absolute atomic E-state index is 0.269. The number of nitrogens with one attached hydrogen (secondary N) is 2. The molecular formula is C20H27N5O2. The molecule has 7 heteroatoms. The fraction of sp³-hybridized carbons (Fsp3) is 0.450. The highest BCUT2D eigenvalue weighted by Crippen LogP contribution is 2.23. The Labute approximate surface area is 160 Å².